The molecule has 0 aromatic heterocycles. The fraction of sp³-hybridized carbons (Fsp3) is 0.515. The molecule has 1 unspecified atom stereocenters. The summed E-state index contributed by atoms with van der Waals surface area (Å²) in [4.78, 5) is 27.8. The van der Waals surface area contributed by atoms with Gasteiger partial charge in [0.1, 0.15) is 5.76 Å². The van der Waals surface area contributed by atoms with Crippen LogP contribution in [0.15, 0.2) is 60.2 Å². The highest BCUT2D eigenvalue weighted by Gasteiger charge is 2.45. The first kappa shape index (κ1) is 30.0. The van der Waals surface area contributed by atoms with E-state index in [0.29, 0.717) is 17.1 Å². The summed E-state index contributed by atoms with van der Waals surface area (Å²) in [5, 5.41) is 11.6. The van der Waals surface area contributed by atoms with Crippen molar-refractivity contribution in [3.63, 3.8) is 0 Å². The fourth-order valence-electron chi connectivity index (χ4n) is 5.33. The van der Waals surface area contributed by atoms with E-state index in [4.69, 9.17) is 11.6 Å². The predicted molar refractivity (Wildman–Crippen MR) is 157 cm³/mol. The minimum atomic E-state index is -0.628. The number of halogens is 1. The molecule has 0 spiro atoms. The summed E-state index contributed by atoms with van der Waals surface area (Å²) in [5.41, 5.74) is 1.45. The first-order valence-electron chi connectivity index (χ1n) is 14.6. The molecule has 0 saturated carbocycles. The number of benzene rings is 2. The second-order valence-electron chi connectivity index (χ2n) is 10.5. The molecule has 2 aromatic rings. The number of ketones is 1. The molecular formula is C33H44ClNO3. The Balaban J connectivity index is 1.50. The van der Waals surface area contributed by atoms with Crippen LogP contribution in [-0.4, -0.2) is 28.2 Å². The van der Waals surface area contributed by atoms with Crippen LogP contribution < -0.4 is 0 Å². The third kappa shape index (κ3) is 8.73. The van der Waals surface area contributed by atoms with Crippen LogP contribution >= 0.6 is 11.6 Å². The van der Waals surface area contributed by atoms with Crippen molar-refractivity contribution in [2.45, 2.75) is 103 Å². The molecule has 38 heavy (non-hydrogen) atoms. The Bertz CT molecular complexity index is 1030. The van der Waals surface area contributed by atoms with Gasteiger partial charge in [0.05, 0.1) is 11.6 Å². The lowest BCUT2D eigenvalue weighted by Crippen LogP contribution is -2.30. The van der Waals surface area contributed by atoms with Crippen LogP contribution in [0.3, 0.4) is 0 Å². The molecule has 0 bridgehead atoms. The molecule has 1 aliphatic rings. The largest absolute Gasteiger partial charge is 0.507 e. The topological polar surface area (TPSA) is 57.6 Å². The highest BCUT2D eigenvalue weighted by atomic mass is 35.5. The molecular weight excluding hydrogens is 494 g/mol. The summed E-state index contributed by atoms with van der Waals surface area (Å²) in [6.45, 7) is 2.75. The van der Waals surface area contributed by atoms with Crippen molar-refractivity contribution < 1.29 is 14.7 Å². The first-order valence-corrected chi connectivity index (χ1v) is 15.0. The number of hydrogen-bond donors (Lipinski definition) is 1. The van der Waals surface area contributed by atoms with Gasteiger partial charge in [0.25, 0.3) is 11.7 Å². The Morgan fingerprint density at radius 1 is 0.737 bits per heavy atom. The van der Waals surface area contributed by atoms with E-state index in [1.165, 1.54) is 70.6 Å². The Labute approximate surface area is 234 Å². The minimum absolute atomic E-state index is 0.132. The lowest BCUT2D eigenvalue weighted by molar-refractivity contribution is -0.139. The Kier molecular flexibility index (Phi) is 12.9. The third-order valence-corrected chi connectivity index (χ3v) is 7.78. The molecule has 1 fully saturated rings. The normalized spacial score (nSPS) is 16.9. The second-order valence-corrected chi connectivity index (χ2v) is 10.9. The minimum Gasteiger partial charge on any atom is -0.507 e. The first-order chi connectivity index (χ1) is 18.5. The molecule has 0 aliphatic carbocycles. The lowest BCUT2D eigenvalue weighted by Gasteiger charge is -2.25. The molecule has 1 N–H and O–H groups in total. The van der Waals surface area contributed by atoms with Gasteiger partial charge < -0.3 is 10.0 Å². The van der Waals surface area contributed by atoms with Crippen molar-refractivity contribution >= 4 is 29.1 Å². The number of carbonyl (C=O) groups excluding carboxylic acids is 2. The zero-order valence-electron chi connectivity index (χ0n) is 23.0. The van der Waals surface area contributed by atoms with Gasteiger partial charge in [0, 0.05) is 17.1 Å². The lowest BCUT2D eigenvalue weighted by atomic mass is 9.95. The molecule has 0 radical (unpaired) electrons. The van der Waals surface area contributed by atoms with E-state index >= 15 is 0 Å². The van der Waals surface area contributed by atoms with Gasteiger partial charge >= 0.3 is 0 Å². The number of carbonyl (C=O) groups is 2. The van der Waals surface area contributed by atoms with Crippen LogP contribution in [0.25, 0.3) is 5.76 Å². The van der Waals surface area contributed by atoms with E-state index < -0.39 is 17.7 Å². The molecule has 1 amide bonds. The summed E-state index contributed by atoms with van der Waals surface area (Å²) in [5.74, 6) is -1.30. The molecule has 1 atom stereocenters. The van der Waals surface area contributed by atoms with E-state index in [9.17, 15) is 14.7 Å². The van der Waals surface area contributed by atoms with Gasteiger partial charge in [-0.05, 0) is 24.1 Å². The SMILES string of the molecule is CCCCCCCCCCCCCCCCN1C(=O)C(=O)C(=C(O)c2ccccc2)C1c1ccc(Cl)cc1. The summed E-state index contributed by atoms with van der Waals surface area (Å²) in [6.07, 6.45) is 17.7. The van der Waals surface area contributed by atoms with Crippen LogP contribution in [0.4, 0.5) is 0 Å². The van der Waals surface area contributed by atoms with Gasteiger partial charge in [0.2, 0.25) is 0 Å². The molecule has 1 saturated heterocycles. The standard InChI is InChI=1S/C33H44ClNO3/c1-2-3-4-5-6-7-8-9-10-11-12-13-14-18-25-35-30(26-21-23-28(34)24-22-26)29(32(37)33(35)38)31(36)27-19-16-15-17-20-27/h15-17,19-24,30,36H,2-14,18,25H2,1H3. The third-order valence-electron chi connectivity index (χ3n) is 7.53. The Morgan fingerprint density at radius 2 is 1.24 bits per heavy atom. The van der Waals surface area contributed by atoms with Gasteiger partial charge in [-0.2, -0.15) is 0 Å². The summed E-state index contributed by atoms with van der Waals surface area (Å²) in [6, 6.07) is 15.5. The molecule has 3 rings (SSSR count). The maximum atomic E-state index is 13.1. The van der Waals surface area contributed by atoms with Crippen LogP contribution in [0, 0.1) is 0 Å². The van der Waals surface area contributed by atoms with Crippen LogP contribution in [-0.2, 0) is 9.59 Å². The van der Waals surface area contributed by atoms with Gasteiger partial charge in [0.15, 0.2) is 0 Å². The summed E-state index contributed by atoms with van der Waals surface area (Å²) < 4.78 is 0. The maximum absolute atomic E-state index is 13.1. The van der Waals surface area contributed by atoms with Crippen molar-refractivity contribution in [1.29, 1.82) is 0 Å². The van der Waals surface area contributed by atoms with Crippen LogP contribution in [0.5, 0.6) is 0 Å². The average molecular weight is 538 g/mol. The van der Waals surface area contributed by atoms with Crippen molar-refractivity contribution in [2.24, 2.45) is 0 Å². The smallest absolute Gasteiger partial charge is 0.295 e. The van der Waals surface area contributed by atoms with E-state index in [0.717, 1.165) is 24.8 Å². The Hall–Kier alpha value is -2.59. The number of hydrogen-bond acceptors (Lipinski definition) is 3. The monoisotopic (exact) mass is 537 g/mol. The average Bonchev–Trinajstić information content (AvgIpc) is 3.18. The van der Waals surface area contributed by atoms with E-state index in [2.05, 4.69) is 6.92 Å². The van der Waals surface area contributed by atoms with Crippen molar-refractivity contribution in [1.82, 2.24) is 4.90 Å². The van der Waals surface area contributed by atoms with Crippen molar-refractivity contribution in [2.75, 3.05) is 6.54 Å². The highest BCUT2D eigenvalue weighted by Crippen LogP contribution is 2.39. The molecule has 4 nitrogen and oxygen atoms in total. The number of unbranched alkanes of at least 4 members (excludes halogenated alkanes) is 13. The number of likely N-dealkylation sites (tertiary alicyclic amines) is 1. The number of nitrogens with zero attached hydrogens (tertiary/aromatic N) is 1. The van der Waals surface area contributed by atoms with Gasteiger partial charge in [-0.3, -0.25) is 9.59 Å². The molecule has 1 heterocycles. The van der Waals surface area contributed by atoms with E-state index in [1.807, 2.05) is 18.2 Å². The summed E-state index contributed by atoms with van der Waals surface area (Å²) in [7, 11) is 0. The number of Topliss-reactive ketones (excluding diaryl/α,β-unsaturated/α-hetero) is 1. The number of aliphatic hydroxyl groups is 1. The zero-order chi connectivity index (χ0) is 27.2. The van der Waals surface area contributed by atoms with Gasteiger partial charge in [-0.25, -0.2) is 0 Å². The van der Waals surface area contributed by atoms with Crippen molar-refractivity contribution in [3.8, 4) is 0 Å². The van der Waals surface area contributed by atoms with Crippen molar-refractivity contribution in [3.05, 3.63) is 76.3 Å². The molecule has 2 aromatic carbocycles. The summed E-state index contributed by atoms with van der Waals surface area (Å²) >= 11 is 6.10. The van der Waals surface area contributed by atoms with E-state index in [-0.39, 0.29) is 11.3 Å². The molecule has 5 heteroatoms. The molecule has 1 aliphatic heterocycles. The quantitative estimate of drug-likeness (QED) is 0.0946. The number of aliphatic hydroxyl groups excluding tert-OH is 1. The highest BCUT2D eigenvalue weighted by molar-refractivity contribution is 6.46. The fourth-order valence-corrected chi connectivity index (χ4v) is 5.46. The number of rotatable bonds is 17. The molecule has 206 valence electrons. The van der Waals surface area contributed by atoms with Gasteiger partial charge in [-0.1, -0.05) is 144 Å². The second kappa shape index (κ2) is 16.4. The van der Waals surface area contributed by atoms with Crippen LogP contribution in [0.1, 0.15) is 114 Å². The predicted octanol–water partition coefficient (Wildman–Crippen LogP) is 9.24. The van der Waals surface area contributed by atoms with E-state index in [1.54, 1.807) is 41.3 Å². The zero-order valence-corrected chi connectivity index (χ0v) is 23.7. The van der Waals surface area contributed by atoms with Crippen LogP contribution in [0.2, 0.25) is 5.02 Å². The number of amides is 1. The maximum Gasteiger partial charge on any atom is 0.295 e. The van der Waals surface area contributed by atoms with Gasteiger partial charge in [-0.15, -0.1) is 0 Å². The Morgan fingerprint density at radius 3 is 1.76 bits per heavy atom.